The predicted molar refractivity (Wildman–Crippen MR) is 39.3 cm³/mol. The molecule has 70 valence electrons. The Morgan fingerprint density at radius 2 is 2.15 bits per heavy atom. The summed E-state index contributed by atoms with van der Waals surface area (Å²) in [7, 11) is 0. The third-order valence-corrected chi connectivity index (χ3v) is 1.55. The van der Waals surface area contributed by atoms with Crippen molar-refractivity contribution in [3.63, 3.8) is 0 Å². The zero-order valence-electron chi connectivity index (χ0n) is 6.72. The molecule has 1 rings (SSSR count). The third-order valence-electron chi connectivity index (χ3n) is 1.55. The molecule has 0 aliphatic carbocycles. The van der Waals surface area contributed by atoms with Crippen LogP contribution < -0.4 is 0 Å². The average molecular weight is 189 g/mol. The van der Waals surface area contributed by atoms with Crippen molar-refractivity contribution in [2.45, 2.75) is 13.3 Å². The van der Waals surface area contributed by atoms with Crippen LogP contribution in [-0.2, 0) is 0 Å². The molecule has 0 aromatic carbocycles. The number of carbonyl (C=O) groups excluding carboxylic acids is 1. The molecular weight excluding hydrogens is 183 g/mol. The molecule has 0 aliphatic rings. The van der Waals surface area contributed by atoms with Gasteiger partial charge in [0.1, 0.15) is 5.69 Å². The van der Waals surface area contributed by atoms with E-state index in [1.165, 1.54) is 6.92 Å². The van der Waals surface area contributed by atoms with E-state index in [0.717, 1.165) is 6.07 Å². The Balaban J connectivity index is 3.32. The molecule has 13 heavy (non-hydrogen) atoms. The van der Waals surface area contributed by atoms with E-state index in [2.05, 4.69) is 4.98 Å². The fraction of sp³-hybridized carbons (Fsp3) is 0.250. The van der Waals surface area contributed by atoms with Crippen LogP contribution in [0.3, 0.4) is 0 Å². The maximum Gasteiger partial charge on any atom is 0.281 e. The monoisotopic (exact) mass is 189 g/mol. The van der Waals surface area contributed by atoms with Gasteiger partial charge in [-0.3, -0.25) is 4.79 Å². The average Bonchev–Trinajstić information content (AvgIpc) is 2.08. The van der Waals surface area contributed by atoms with Crippen molar-refractivity contribution in [2.75, 3.05) is 0 Å². The van der Waals surface area contributed by atoms with Crippen molar-refractivity contribution < 1.29 is 18.0 Å². The molecule has 1 aromatic heterocycles. The van der Waals surface area contributed by atoms with Gasteiger partial charge < -0.3 is 0 Å². The number of carbonyl (C=O) groups is 1. The zero-order valence-corrected chi connectivity index (χ0v) is 6.72. The Morgan fingerprint density at radius 3 is 2.62 bits per heavy atom. The molecule has 0 atom stereocenters. The van der Waals surface area contributed by atoms with Crippen molar-refractivity contribution in [2.24, 2.45) is 0 Å². The van der Waals surface area contributed by atoms with E-state index in [1.54, 1.807) is 0 Å². The quantitative estimate of drug-likeness (QED) is 0.527. The fourth-order valence-electron chi connectivity index (χ4n) is 0.894. The smallest absolute Gasteiger partial charge is 0.281 e. The van der Waals surface area contributed by atoms with Crippen molar-refractivity contribution in [3.05, 3.63) is 28.8 Å². The molecule has 0 amide bonds. The Labute approximate surface area is 72.4 Å². The molecule has 0 bridgehead atoms. The minimum atomic E-state index is -2.93. The highest BCUT2D eigenvalue weighted by molar-refractivity contribution is 5.76. The molecule has 2 nitrogen and oxygen atoms in total. The van der Waals surface area contributed by atoms with Gasteiger partial charge in [-0.25, -0.2) is 13.8 Å². The molecule has 0 aliphatic heterocycles. The first kappa shape index (κ1) is 9.70. The predicted octanol–water partition coefficient (Wildman–Crippen LogP) is 2.28. The number of aldehydes is 1. The standard InChI is InChI=1S/C8H6F3NO/c1-4-2-5(3-13)6(7(9)10)12-8(4)11/h2-3,7H,1H3. The Kier molecular flexibility index (Phi) is 2.65. The van der Waals surface area contributed by atoms with Gasteiger partial charge in [0.05, 0.1) is 0 Å². The van der Waals surface area contributed by atoms with Gasteiger partial charge in [0.15, 0.2) is 6.29 Å². The number of halogens is 3. The van der Waals surface area contributed by atoms with Crippen molar-refractivity contribution in [3.8, 4) is 0 Å². The summed E-state index contributed by atoms with van der Waals surface area (Å²) >= 11 is 0. The van der Waals surface area contributed by atoms with Gasteiger partial charge >= 0.3 is 0 Å². The number of pyridine rings is 1. The van der Waals surface area contributed by atoms with E-state index in [9.17, 15) is 18.0 Å². The molecule has 0 fully saturated rings. The number of rotatable bonds is 2. The molecule has 0 radical (unpaired) electrons. The topological polar surface area (TPSA) is 30.0 Å². The van der Waals surface area contributed by atoms with Gasteiger partial charge in [-0.2, -0.15) is 4.39 Å². The zero-order chi connectivity index (χ0) is 10.0. The highest BCUT2D eigenvalue weighted by Gasteiger charge is 2.16. The second-order valence-corrected chi connectivity index (χ2v) is 2.49. The summed E-state index contributed by atoms with van der Waals surface area (Å²) < 4.78 is 37.0. The fourth-order valence-corrected chi connectivity index (χ4v) is 0.894. The molecule has 0 saturated carbocycles. The summed E-state index contributed by atoms with van der Waals surface area (Å²) in [5.74, 6) is -0.971. The van der Waals surface area contributed by atoms with Crippen LogP contribution in [0.25, 0.3) is 0 Å². The van der Waals surface area contributed by atoms with Gasteiger partial charge in [0, 0.05) is 11.1 Å². The Hall–Kier alpha value is -1.39. The number of hydrogen-bond acceptors (Lipinski definition) is 2. The van der Waals surface area contributed by atoms with E-state index in [-0.39, 0.29) is 17.4 Å². The molecule has 1 heterocycles. The third kappa shape index (κ3) is 1.85. The van der Waals surface area contributed by atoms with Crippen molar-refractivity contribution >= 4 is 6.29 Å². The minimum Gasteiger partial charge on any atom is -0.298 e. The maximum atomic E-state index is 12.7. The van der Waals surface area contributed by atoms with Crippen LogP contribution >= 0.6 is 0 Å². The lowest BCUT2D eigenvalue weighted by molar-refractivity contribution is 0.110. The summed E-state index contributed by atoms with van der Waals surface area (Å²) in [5.41, 5.74) is -1.00. The van der Waals surface area contributed by atoms with E-state index >= 15 is 0 Å². The van der Waals surface area contributed by atoms with Crippen LogP contribution in [-0.4, -0.2) is 11.3 Å². The van der Waals surface area contributed by atoms with Gasteiger partial charge in [0.2, 0.25) is 5.95 Å². The second kappa shape index (κ2) is 3.55. The van der Waals surface area contributed by atoms with Crippen LogP contribution in [0.2, 0.25) is 0 Å². The number of aryl methyl sites for hydroxylation is 1. The molecule has 5 heteroatoms. The van der Waals surface area contributed by atoms with E-state index in [1.807, 2.05) is 0 Å². The van der Waals surface area contributed by atoms with Gasteiger partial charge in [-0.15, -0.1) is 0 Å². The molecule has 0 N–H and O–H groups in total. The number of nitrogens with zero attached hydrogens (tertiary/aromatic N) is 1. The molecule has 0 unspecified atom stereocenters. The van der Waals surface area contributed by atoms with Crippen molar-refractivity contribution in [1.82, 2.24) is 4.98 Å². The largest absolute Gasteiger partial charge is 0.298 e. The van der Waals surface area contributed by atoms with E-state index in [0.29, 0.717) is 0 Å². The first-order valence-corrected chi connectivity index (χ1v) is 3.46. The Morgan fingerprint density at radius 1 is 1.54 bits per heavy atom. The van der Waals surface area contributed by atoms with Gasteiger partial charge in [-0.1, -0.05) is 0 Å². The highest BCUT2D eigenvalue weighted by Crippen LogP contribution is 2.21. The molecule has 1 aromatic rings. The SMILES string of the molecule is Cc1cc(C=O)c(C(F)F)nc1F. The normalized spacial score (nSPS) is 10.5. The first-order valence-electron chi connectivity index (χ1n) is 3.46. The maximum absolute atomic E-state index is 12.7. The molecule has 0 spiro atoms. The van der Waals surface area contributed by atoms with Crippen LogP contribution in [0, 0.1) is 12.9 Å². The van der Waals surface area contributed by atoms with Crippen LogP contribution in [0.1, 0.15) is 28.0 Å². The number of hydrogen-bond donors (Lipinski definition) is 0. The molecule has 0 saturated heterocycles. The minimum absolute atomic E-state index is 0.0755. The summed E-state index contributed by atoms with van der Waals surface area (Å²) in [6, 6.07) is 1.05. The number of aromatic nitrogens is 1. The van der Waals surface area contributed by atoms with Gasteiger partial charge in [-0.05, 0) is 13.0 Å². The lowest BCUT2D eigenvalue weighted by Gasteiger charge is -2.03. The van der Waals surface area contributed by atoms with Crippen LogP contribution in [0.5, 0.6) is 0 Å². The highest BCUT2D eigenvalue weighted by atomic mass is 19.3. The first-order chi connectivity index (χ1) is 6.06. The number of alkyl halides is 2. The van der Waals surface area contributed by atoms with Crippen LogP contribution in [0.15, 0.2) is 6.07 Å². The summed E-state index contributed by atoms with van der Waals surface area (Å²) in [6.07, 6.45) is -2.70. The lowest BCUT2D eigenvalue weighted by Crippen LogP contribution is -2.02. The summed E-state index contributed by atoms with van der Waals surface area (Å²) in [4.78, 5) is 13.3. The molecular formula is C8H6F3NO. The van der Waals surface area contributed by atoms with E-state index < -0.39 is 18.1 Å². The lowest BCUT2D eigenvalue weighted by atomic mass is 10.1. The van der Waals surface area contributed by atoms with Gasteiger partial charge in [0.25, 0.3) is 6.43 Å². The van der Waals surface area contributed by atoms with Crippen LogP contribution in [0.4, 0.5) is 13.2 Å². The second-order valence-electron chi connectivity index (χ2n) is 2.49. The van der Waals surface area contributed by atoms with Crippen molar-refractivity contribution in [1.29, 1.82) is 0 Å². The Bertz CT molecular complexity index is 338. The summed E-state index contributed by atoms with van der Waals surface area (Å²) in [6.45, 7) is 1.35. The van der Waals surface area contributed by atoms with E-state index in [4.69, 9.17) is 0 Å². The summed E-state index contributed by atoms with van der Waals surface area (Å²) in [5, 5.41) is 0.